The molecule has 0 unspecified atom stereocenters. The molecule has 1 aromatic carbocycles. The fourth-order valence-corrected chi connectivity index (χ4v) is 2.56. The van der Waals surface area contributed by atoms with E-state index in [1.807, 2.05) is 12.3 Å². The monoisotopic (exact) mass is 306 g/mol. The third kappa shape index (κ3) is 3.95. The Morgan fingerprint density at radius 1 is 1.33 bits per heavy atom. The maximum atomic E-state index is 12.2. The number of methoxy groups -OCH3 is 2. The molecule has 21 heavy (non-hydrogen) atoms. The number of thiazole rings is 1. The minimum Gasteiger partial charge on any atom is -0.493 e. The molecule has 0 radical (unpaired) electrons. The molecule has 1 aromatic heterocycles. The summed E-state index contributed by atoms with van der Waals surface area (Å²) in [7, 11) is 3.11. The van der Waals surface area contributed by atoms with Gasteiger partial charge in [0.25, 0.3) is 5.91 Å². The van der Waals surface area contributed by atoms with Gasteiger partial charge in [0, 0.05) is 23.4 Å². The van der Waals surface area contributed by atoms with E-state index in [9.17, 15) is 4.79 Å². The summed E-state index contributed by atoms with van der Waals surface area (Å²) in [6, 6.07) is 5.11. The molecule has 0 saturated carbocycles. The molecular formula is C15H18N2O3S. The normalized spacial score (nSPS) is 11.8. The van der Waals surface area contributed by atoms with E-state index in [1.165, 1.54) is 0 Å². The summed E-state index contributed by atoms with van der Waals surface area (Å²) < 4.78 is 10.4. The Hall–Kier alpha value is -2.08. The molecule has 5 nitrogen and oxygen atoms in total. The molecule has 2 aromatic rings. The van der Waals surface area contributed by atoms with E-state index in [0.717, 1.165) is 5.69 Å². The SMILES string of the molecule is COc1ccc(C(=O)N[C@H](C)Cc2cscn2)cc1OC. The van der Waals surface area contributed by atoms with Crippen molar-refractivity contribution in [3.05, 3.63) is 40.3 Å². The van der Waals surface area contributed by atoms with Crippen LogP contribution in [0.25, 0.3) is 0 Å². The Balaban J connectivity index is 2.02. The molecule has 0 spiro atoms. The first-order chi connectivity index (χ1) is 10.1. The first kappa shape index (κ1) is 15.3. The lowest BCUT2D eigenvalue weighted by Gasteiger charge is -2.14. The summed E-state index contributed by atoms with van der Waals surface area (Å²) in [5.74, 6) is 1.00. The lowest BCUT2D eigenvalue weighted by molar-refractivity contribution is 0.0939. The number of rotatable bonds is 6. The molecule has 1 N–H and O–H groups in total. The number of nitrogens with zero attached hydrogens (tertiary/aromatic N) is 1. The molecule has 112 valence electrons. The molecule has 6 heteroatoms. The van der Waals surface area contributed by atoms with Crippen LogP contribution in [-0.2, 0) is 6.42 Å². The van der Waals surface area contributed by atoms with Gasteiger partial charge in [0.2, 0.25) is 0 Å². The third-order valence-corrected chi connectivity index (χ3v) is 3.66. The van der Waals surface area contributed by atoms with Crippen molar-refractivity contribution < 1.29 is 14.3 Å². The maximum Gasteiger partial charge on any atom is 0.251 e. The number of aromatic nitrogens is 1. The highest BCUT2D eigenvalue weighted by atomic mass is 32.1. The molecule has 0 aliphatic rings. The maximum absolute atomic E-state index is 12.2. The zero-order valence-electron chi connectivity index (χ0n) is 12.3. The molecule has 0 fully saturated rings. The molecular weight excluding hydrogens is 288 g/mol. The van der Waals surface area contributed by atoms with Crippen molar-refractivity contribution in [1.82, 2.24) is 10.3 Å². The Morgan fingerprint density at radius 3 is 2.71 bits per heavy atom. The van der Waals surface area contributed by atoms with Gasteiger partial charge in [-0.2, -0.15) is 0 Å². The average molecular weight is 306 g/mol. The van der Waals surface area contributed by atoms with Gasteiger partial charge in [-0.3, -0.25) is 4.79 Å². The minimum absolute atomic E-state index is 0.00713. The van der Waals surface area contributed by atoms with Crippen LogP contribution in [0.2, 0.25) is 0 Å². The minimum atomic E-state index is -0.140. The highest BCUT2D eigenvalue weighted by molar-refractivity contribution is 7.07. The van der Waals surface area contributed by atoms with E-state index in [4.69, 9.17) is 9.47 Å². The van der Waals surface area contributed by atoms with Crippen molar-refractivity contribution in [2.24, 2.45) is 0 Å². The van der Waals surface area contributed by atoms with Crippen LogP contribution in [0.15, 0.2) is 29.1 Å². The van der Waals surface area contributed by atoms with Gasteiger partial charge in [0.1, 0.15) is 0 Å². The Kier molecular flexibility index (Phi) is 5.16. The molecule has 1 atom stereocenters. The summed E-state index contributed by atoms with van der Waals surface area (Å²) in [6.07, 6.45) is 0.711. The zero-order chi connectivity index (χ0) is 15.2. The lowest BCUT2D eigenvalue weighted by Crippen LogP contribution is -2.34. The second-order valence-corrected chi connectivity index (χ2v) is 5.35. The van der Waals surface area contributed by atoms with Gasteiger partial charge in [-0.25, -0.2) is 4.98 Å². The molecule has 0 aliphatic carbocycles. The summed E-state index contributed by atoms with van der Waals surface area (Å²) in [5, 5.41) is 4.94. The Labute approximate surface area is 127 Å². The number of amides is 1. The number of hydrogen-bond donors (Lipinski definition) is 1. The van der Waals surface area contributed by atoms with Crippen molar-refractivity contribution in [3.8, 4) is 11.5 Å². The third-order valence-electron chi connectivity index (χ3n) is 3.02. The quantitative estimate of drug-likeness (QED) is 0.891. The Morgan fingerprint density at radius 2 is 2.10 bits per heavy atom. The van der Waals surface area contributed by atoms with E-state index in [1.54, 1.807) is 49.3 Å². The molecule has 0 aliphatic heterocycles. The van der Waals surface area contributed by atoms with Gasteiger partial charge in [0.05, 0.1) is 25.4 Å². The molecule has 1 amide bonds. The first-order valence-electron chi connectivity index (χ1n) is 6.54. The van der Waals surface area contributed by atoms with Gasteiger partial charge in [-0.15, -0.1) is 11.3 Å². The van der Waals surface area contributed by atoms with Crippen LogP contribution in [0.5, 0.6) is 11.5 Å². The number of carbonyl (C=O) groups excluding carboxylic acids is 1. The van der Waals surface area contributed by atoms with Crippen LogP contribution in [-0.4, -0.2) is 31.2 Å². The van der Waals surface area contributed by atoms with E-state index in [-0.39, 0.29) is 11.9 Å². The second kappa shape index (κ2) is 7.08. The summed E-state index contributed by atoms with van der Waals surface area (Å²) in [5.41, 5.74) is 3.32. The lowest BCUT2D eigenvalue weighted by atomic mass is 10.1. The number of hydrogen-bond acceptors (Lipinski definition) is 5. The van der Waals surface area contributed by atoms with Crippen molar-refractivity contribution in [1.29, 1.82) is 0 Å². The van der Waals surface area contributed by atoms with E-state index in [0.29, 0.717) is 23.5 Å². The van der Waals surface area contributed by atoms with Crippen molar-refractivity contribution >= 4 is 17.2 Å². The molecule has 2 rings (SSSR count). The standard InChI is InChI=1S/C15H18N2O3S/c1-10(6-12-8-21-9-16-12)17-15(18)11-4-5-13(19-2)14(7-11)20-3/h4-5,7-10H,6H2,1-3H3,(H,17,18)/t10-/m1/s1. The van der Waals surface area contributed by atoms with Crippen molar-refractivity contribution in [2.75, 3.05) is 14.2 Å². The van der Waals surface area contributed by atoms with E-state index >= 15 is 0 Å². The predicted molar refractivity (Wildman–Crippen MR) is 82.3 cm³/mol. The molecule has 0 saturated heterocycles. The van der Waals surface area contributed by atoms with Crippen LogP contribution < -0.4 is 14.8 Å². The van der Waals surface area contributed by atoms with Crippen LogP contribution in [0.1, 0.15) is 23.0 Å². The molecule has 1 heterocycles. The highest BCUT2D eigenvalue weighted by Gasteiger charge is 2.13. The van der Waals surface area contributed by atoms with Gasteiger partial charge >= 0.3 is 0 Å². The van der Waals surface area contributed by atoms with E-state index < -0.39 is 0 Å². The fourth-order valence-electron chi connectivity index (χ4n) is 1.99. The fraction of sp³-hybridized carbons (Fsp3) is 0.333. The summed E-state index contributed by atoms with van der Waals surface area (Å²) >= 11 is 1.55. The Bertz CT molecular complexity index is 599. The summed E-state index contributed by atoms with van der Waals surface area (Å²) in [4.78, 5) is 16.4. The van der Waals surface area contributed by atoms with Gasteiger partial charge in [-0.05, 0) is 25.1 Å². The van der Waals surface area contributed by atoms with Gasteiger partial charge in [0.15, 0.2) is 11.5 Å². The van der Waals surface area contributed by atoms with Crippen LogP contribution in [0, 0.1) is 0 Å². The topological polar surface area (TPSA) is 60.5 Å². The average Bonchev–Trinajstić information content (AvgIpc) is 2.99. The van der Waals surface area contributed by atoms with Crippen LogP contribution >= 0.6 is 11.3 Å². The summed E-state index contributed by atoms with van der Waals surface area (Å²) in [6.45, 7) is 1.96. The number of ether oxygens (including phenoxy) is 2. The van der Waals surface area contributed by atoms with E-state index in [2.05, 4.69) is 10.3 Å². The van der Waals surface area contributed by atoms with Crippen molar-refractivity contribution in [3.63, 3.8) is 0 Å². The number of nitrogens with one attached hydrogen (secondary N) is 1. The highest BCUT2D eigenvalue weighted by Crippen LogP contribution is 2.27. The smallest absolute Gasteiger partial charge is 0.251 e. The van der Waals surface area contributed by atoms with Crippen LogP contribution in [0.3, 0.4) is 0 Å². The number of benzene rings is 1. The second-order valence-electron chi connectivity index (χ2n) is 4.63. The molecule has 0 bridgehead atoms. The largest absolute Gasteiger partial charge is 0.493 e. The van der Waals surface area contributed by atoms with Gasteiger partial charge < -0.3 is 14.8 Å². The predicted octanol–water partition coefficient (Wildman–Crippen LogP) is 2.52. The number of carbonyl (C=O) groups is 1. The van der Waals surface area contributed by atoms with Gasteiger partial charge in [-0.1, -0.05) is 0 Å². The van der Waals surface area contributed by atoms with Crippen LogP contribution in [0.4, 0.5) is 0 Å². The zero-order valence-corrected chi connectivity index (χ0v) is 13.1. The van der Waals surface area contributed by atoms with Crippen molar-refractivity contribution in [2.45, 2.75) is 19.4 Å². The first-order valence-corrected chi connectivity index (χ1v) is 7.48.